The van der Waals surface area contributed by atoms with E-state index < -0.39 is 23.5 Å². The Kier molecular flexibility index (Phi) is 6.87. The fourth-order valence-corrected chi connectivity index (χ4v) is 4.00. The van der Waals surface area contributed by atoms with Crippen molar-refractivity contribution < 1.29 is 35.8 Å². The molecule has 4 rings (SSSR count). The number of ether oxygens (including phenoxy) is 2. The zero-order valence-electron chi connectivity index (χ0n) is 19.3. The van der Waals surface area contributed by atoms with E-state index in [1.807, 2.05) is 23.1 Å². The maximum Gasteiger partial charge on any atom is 0.416 e. The lowest BCUT2D eigenvalue weighted by atomic mass is 10.0. The number of aromatic nitrogens is 2. The minimum Gasteiger partial charge on any atom is -0.493 e. The van der Waals surface area contributed by atoms with Crippen LogP contribution in [0.2, 0.25) is 0 Å². The molecule has 1 fully saturated rings. The topological polar surface area (TPSA) is 50.7 Å². The Morgan fingerprint density at radius 3 is 1.83 bits per heavy atom. The normalized spacial score (nSPS) is 14.7. The summed E-state index contributed by atoms with van der Waals surface area (Å²) in [6, 6.07) is 8.41. The van der Waals surface area contributed by atoms with Gasteiger partial charge in [0.05, 0.1) is 31.0 Å². The number of piperazine rings is 1. The number of methoxy groups -OCH3 is 2. The lowest BCUT2D eigenvalue weighted by Crippen LogP contribution is -2.46. The summed E-state index contributed by atoms with van der Waals surface area (Å²) in [7, 11) is 3.10. The van der Waals surface area contributed by atoms with Crippen LogP contribution in [0.4, 0.5) is 37.8 Å². The summed E-state index contributed by atoms with van der Waals surface area (Å²) in [5.74, 6) is 1.62. The summed E-state index contributed by atoms with van der Waals surface area (Å²) in [6.07, 6.45) is -8.74. The lowest BCUT2D eigenvalue weighted by molar-refractivity contribution is -0.143. The molecule has 0 atom stereocenters. The molecule has 1 aromatic heterocycles. The largest absolute Gasteiger partial charge is 0.493 e. The Bertz CT molecular complexity index is 1190. The van der Waals surface area contributed by atoms with Gasteiger partial charge in [-0.25, -0.2) is 9.97 Å². The Morgan fingerprint density at radius 2 is 1.28 bits per heavy atom. The Labute approximate surface area is 203 Å². The first-order valence-corrected chi connectivity index (χ1v) is 10.8. The minimum atomic E-state index is -4.94. The molecule has 0 amide bonds. The first-order chi connectivity index (χ1) is 17.0. The van der Waals surface area contributed by atoms with Crippen LogP contribution in [0.1, 0.15) is 11.1 Å². The van der Waals surface area contributed by atoms with E-state index in [-0.39, 0.29) is 17.3 Å². The third-order valence-electron chi connectivity index (χ3n) is 5.87. The van der Waals surface area contributed by atoms with E-state index in [1.54, 1.807) is 14.2 Å². The maximum absolute atomic E-state index is 13.3. The standard InChI is InChI=1S/C24H22F6N4O2/c1-35-20-4-3-18(12-21(20)36-2)33-5-7-34(8-6-33)22-13-19(31-14-32-22)15-9-16(23(25,26)27)11-17(10-15)24(28,29)30/h3-4,9-14H,5-8H2,1-2H3. The van der Waals surface area contributed by atoms with Gasteiger partial charge in [0.15, 0.2) is 11.5 Å². The predicted octanol–water partition coefficient (Wildman–Crippen LogP) is 5.53. The summed E-state index contributed by atoms with van der Waals surface area (Å²) in [4.78, 5) is 12.2. The summed E-state index contributed by atoms with van der Waals surface area (Å²) in [6.45, 7) is 2.27. The van der Waals surface area contributed by atoms with Gasteiger partial charge in [0, 0.05) is 49.6 Å². The van der Waals surface area contributed by atoms with Crippen molar-refractivity contribution in [1.82, 2.24) is 9.97 Å². The molecular weight excluding hydrogens is 490 g/mol. The fourth-order valence-electron chi connectivity index (χ4n) is 4.00. The molecule has 1 saturated heterocycles. The molecule has 0 saturated carbocycles. The first-order valence-electron chi connectivity index (χ1n) is 10.8. The van der Waals surface area contributed by atoms with Crippen molar-refractivity contribution in [2.75, 3.05) is 50.2 Å². The average Bonchev–Trinajstić information content (AvgIpc) is 2.87. The maximum atomic E-state index is 13.3. The van der Waals surface area contributed by atoms with Gasteiger partial charge in [0.2, 0.25) is 0 Å². The SMILES string of the molecule is COc1ccc(N2CCN(c3cc(-c4cc(C(F)(F)F)cc(C(F)(F)F)c4)ncn3)CC2)cc1OC. The highest BCUT2D eigenvalue weighted by molar-refractivity contribution is 5.65. The zero-order chi connectivity index (χ0) is 26.1. The van der Waals surface area contributed by atoms with Gasteiger partial charge in [0.1, 0.15) is 12.1 Å². The smallest absolute Gasteiger partial charge is 0.416 e. The first kappa shape index (κ1) is 25.4. The van der Waals surface area contributed by atoms with Gasteiger partial charge in [-0.3, -0.25) is 0 Å². The van der Waals surface area contributed by atoms with E-state index in [2.05, 4.69) is 14.9 Å². The number of halogens is 6. The van der Waals surface area contributed by atoms with Crippen LogP contribution in [-0.4, -0.2) is 50.4 Å². The molecule has 3 aromatic rings. The van der Waals surface area contributed by atoms with Crippen LogP contribution in [0.15, 0.2) is 48.8 Å². The van der Waals surface area contributed by atoms with Crippen molar-refractivity contribution in [1.29, 1.82) is 0 Å². The van der Waals surface area contributed by atoms with Crippen molar-refractivity contribution in [3.63, 3.8) is 0 Å². The zero-order valence-corrected chi connectivity index (χ0v) is 19.3. The van der Waals surface area contributed by atoms with Crippen molar-refractivity contribution in [3.8, 4) is 22.8 Å². The number of alkyl halides is 6. The molecule has 0 unspecified atom stereocenters. The molecule has 0 N–H and O–H groups in total. The van der Waals surface area contributed by atoms with Gasteiger partial charge >= 0.3 is 12.4 Å². The molecule has 36 heavy (non-hydrogen) atoms. The van der Waals surface area contributed by atoms with Gasteiger partial charge in [-0.1, -0.05) is 0 Å². The highest BCUT2D eigenvalue weighted by Gasteiger charge is 2.37. The highest BCUT2D eigenvalue weighted by Crippen LogP contribution is 2.39. The monoisotopic (exact) mass is 512 g/mol. The molecular formula is C24H22F6N4O2. The molecule has 2 heterocycles. The molecule has 12 heteroatoms. The predicted molar refractivity (Wildman–Crippen MR) is 121 cm³/mol. The third kappa shape index (κ3) is 5.42. The number of hydrogen-bond donors (Lipinski definition) is 0. The summed E-state index contributed by atoms with van der Waals surface area (Å²) < 4.78 is 90.2. The van der Waals surface area contributed by atoms with Crippen LogP contribution >= 0.6 is 0 Å². The quantitative estimate of drug-likeness (QED) is 0.420. The number of rotatable bonds is 5. The molecule has 0 spiro atoms. The van der Waals surface area contributed by atoms with E-state index in [0.29, 0.717) is 55.6 Å². The second-order valence-corrected chi connectivity index (χ2v) is 8.07. The number of hydrogen-bond acceptors (Lipinski definition) is 6. The fraction of sp³-hybridized carbons (Fsp3) is 0.333. The third-order valence-corrected chi connectivity index (χ3v) is 5.87. The number of anilines is 2. The molecule has 192 valence electrons. The van der Waals surface area contributed by atoms with Crippen LogP contribution in [0, 0.1) is 0 Å². The van der Waals surface area contributed by atoms with E-state index in [1.165, 1.54) is 6.07 Å². The Hall–Kier alpha value is -3.70. The number of benzene rings is 2. The van der Waals surface area contributed by atoms with E-state index in [9.17, 15) is 26.3 Å². The summed E-state index contributed by atoms with van der Waals surface area (Å²) in [5, 5.41) is 0. The van der Waals surface area contributed by atoms with E-state index >= 15 is 0 Å². The molecule has 1 aliphatic rings. The highest BCUT2D eigenvalue weighted by atomic mass is 19.4. The second-order valence-electron chi connectivity index (χ2n) is 8.07. The van der Waals surface area contributed by atoms with Crippen LogP contribution in [0.3, 0.4) is 0 Å². The van der Waals surface area contributed by atoms with Crippen molar-refractivity contribution >= 4 is 11.5 Å². The molecule has 1 aliphatic heterocycles. The molecule has 0 bridgehead atoms. The van der Waals surface area contributed by atoms with E-state index in [0.717, 1.165) is 12.0 Å². The van der Waals surface area contributed by atoms with Gasteiger partial charge in [0.25, 0.3) is 0 Å². The summed E-state index contributed by atoms with van der Waals surface area (Å²) >= 11 is 0. The molecule has 0 aliphatic carbocycles. The van der Waals surface area contributed by atoms with Crippen molar-refractivity contribution in [2.45, 2.75) is 12.4 Å². The van der Waals surface area contributed by atoms with Gasteiger partial charge in [-0.05, 0) is 30.3 Å². The van der Waals surface area contributed by atoms with Gasteiger partial charge < -0.3 is 19.3 Å². The van der Waals surface area contributed by atoms with E-state index in [4.69, 9.17) is 9.47 Å². The Morgan fingerprint density at radius 1 is 0.694 bits per heavy atom. The molecule has 0 radical (unpaired) electrons. The lowest BCUT2D eigenvalue weighted by Gasteiger charge is -2.37. The molecule has 6 nitrogen and oxygen atoms in total. The van der Waals surface area contributed by atoms with Crippen LogP contribution < -0.4 is 19.3 Å². The van der Waals surface area contributed by atoms with Crippen LogP contribution in [-0.2, 0) is 12.4 Å². The van der Waals surface area contributed by atoms with Gasteiger partial charge in [-0.2, -0.15) is 26.3 Å². The number of nitrogens with zero attached hydrogens (tertiary/aromatic N) is 4. The van der Waals surface area contributed by atoms with Crippen LogP contribution in [0.25, 0.3) is 11.3 Å². The summed E-state index contributed by atoms with van der Waals surface area (Å²) in [5.41, 5.74) is -2.17. The Balaban J connectivity index is 1.56. The van der Waals surface area contributed by atoms with Crippen molar-refractivity contribution in [2.24, 2.45) is 0 Å². The average molecular weight is 512 g/mol. The van der Waals surface area contributed by atoms with Crippen LogP contribution in [0.5, 0.6) is 11.5 Å². The minimum absolute atomic E-state index is 0.0288. The van der Waals surface area contributed by atoms with Crippen molar-refractivity contribution in [3.05, 3.63) is 59.9 Å². The van der Waals surface area contributed by atoms with Gasteiger partial charge in [-0.15, -0.1) is 0 Å². The second kappa shape index (κ2) is 9.75. The molecule has 2 aromatic carbocycles.